The molecule has 0 aliphatic carbocycles. The Hall–Kier alpha value is -2.80. The molecule has 0 fully saturated rings. The van der Waals surface area contributed by atoms with Gasteiger partial charge in [0.25, 0.3) is 0 Å². The summed E-state index contributed by atoms with van der Waals surface area (Å²) in [5.41, 5.74) is 3.34. The van der Waals surface area contributed by atoms with Crippen molar-refractivity contribution in [2.75, 3.05) is 23.8 Å². The molecule has 0 saturated carbocycles. The lowest BCUT2D eigenvalue weighted by Crippen LogP contribution is -2.30. The minimum absolute atomic E-state index is 0.117. The number of hydrogen-bond acceptors (Lipinski definition) is 3. The summed E-state index contributed by atoms with van der Waals surface area (Å²) in [6.45, 7) is 2.28. The molecule has 106 valence electrons. The maximum atomic E-state index is 12.0. The fourth-order valence-electron chi connectivity index (χ4n) is 1.97. The Morgan fingerprint density at radius 1 is 1.24 bits per heavy atom. The molecule has 0 atom stereocenters. The van der Waals surface area contributed by atoms with Crippen LogP contribution in [0.15, 0.2) is 48.5 Å². The minimum Gasteiger partial charge on any atom is -0.365 e. The maximum Gasteiger partial charge on any atom is 0.243 e. The third kappa shape index (κ3) is 4.08. The molecule has 0 aliphatic heterocycles. The van der Waals surface area contributed by atoms with Gasteiger partial charge in [0.15, 0.2) is 0 Å². The lowest BCUT2D eigenvalue weighted by Gasteiger charge is -2.19. The van der Waals surface area contributed by atoms with Crippen LogP contribution in [0.1, 0.15) is 11.1 Å². The Morgan fingerprint density at radius 2 is 1.95 bits per heavy atom. The van der Waals surface area contributed by atoms with E-state index >= 15 is 0 Å². The molecule has 2 aromatic rings. The molecule has 0 radical (unpaired) electrons. The number of hydrogen-bond donors (Lipinski definition) is 1. The molecule has 1 amide bonds. The van der Waals surface area contributed by atoms with E-state index in [0.29, 0.717) is 11.3 Å². The zero-order valence-electron chi connectivity index (χ0n) is 12.1. The fraction of sp³-hybridized carbons (Fsp3) is 0.176. The van der Waals surface area contributed by atoms with E-state index in [4.69, 9.17) is 5.26 Å². The predicted octanol–water partition coefficient (Wildman–Crippen LogP) is 2.94. The minimum atomic E-state index is -0.117. The highest BCUT2D eigenvalue weighted by atomic mass is 16.2. The van der Waals surface area contributed by atoms with Crippen LogP contribution in [0.2, 0.25) is 0 Å². The first kappa shape index (κ1) is 14.6. The molecule has 4 heteroatoms. The van der Waals surface area contributed by atoms with Gasteiger partial charge in [-0.05, 0) is 37.3 Å². The fourth-order valence-corrected chi connectivity index (χ4v) is 1.97. The van der Waals surface area contributed by atoms with Crippen molar-refractivity contribution in [1.29, 1.82) is 5.26 Å². The standard InChI is InChI=1S/C17H17N3O/c1-13-6-8-16(9-7-13)20(2)12-17(21)19-15-5-3-4-14(10-15)11-18/h3-10H,12H2,1-2H3,(H,19,21). The maximum absolute atomic E-state index is 12.0. The van der Waals surface area contributed by atoms with Gasteiger partial charge in [0.1, 0.15) is 0 Å². The summed E-state index contributed by atoms with van der Waals surface area (Å²) in [4.78, 5) is 13.9. The van der Waals surface area contributed by atoms with E-state index < -0.39 is 0 Å². The number of nitrogens with zero attached hydrogens (tertiary/aromatic N) is 2. The molecule has 4 nitrogen and oxygen atoms in total. The SMILES string of the molecule is Cc1ccc(N(C)CC(=O)Nc2cccc(C#N)c2)cc1. The largest absolute Gasteiger partial charge is 0.365 e. The van der Waals surface area contributed by atoms with Crippen LogP contribution in [-0.2, 0) is 4.79 Å². The highest BCUT2D eigenvalue weighted by Gasteiger charge is 2.08. The molecule has 2 aromatic carbocycles. The number of rotatable bonds is 4. The van der Waals surface area contributed by atoms with Crippen molar-refractivity contribution in [2.24, 2.45) is 0 Å². The molecule has 2 rings (SSSR count). The van der Waals surface area contributed by atoms with E-state index in [9.17, 15) is 4.79 Å². The highest BCUT2D eigenvalue weighted by molar-refractivity contribution is 5.94. The van der Waals surface area contributed by atoms with Crippen molar-refractivity contribution in [2.45, 2.75) is 6.92 Å². The van der Waals surface area contributed by atoms with Gasteiger partial charge in [0, 0.05) is 18.4 Å². The third-order valence-electron chi connectivity index (χ3n) is 3.13. The van der Waals surface area contributed by atoms with Gasteiger partial charge in [0.2, 0.25) is 5.91 Å². The van der Waals surface area contributed by atoms with Crippen LogP contribution in [-0.4, -0.2) is 19.5 Å². The molecule has 0 saturated heterocycles. The average molecular weight is 279 g/mol. The third-order valence-corrected chi connectivity index (χ3v) is 3.13. The monoisotopic (exact) mass is 279 g/mol. The number of benzene rings is 2. The quantitative estimate of drug-likeness (QED) is 0.936. The molecule has 0 bridgehead atoms. The van der Waals surface area contributed by atoms with Gasteiger partial charge in [-0.25, -0.2) is 0 Å². The highest BCUT2D eigenvalue weighted by Crippen LogP contribution is 2.14. The Bertz CT molecular complexity index is 671. The van der Waals surface area contributed by atoms with Crippen molar-refractivity contribution >= 4 is 17.3 Å². The molecule has 0 spiro atoms. The Kier molecular flexibility index (Phi) is 4.57. The Morgan fingerprint density at radius 3 is 2.62 bits per heavy atom. The van der Waals surface area contributed by atoms with Gasteiger partial charge in [-0.1, -0.05) is 23.8 Å². The summed E-state index contributed by atoms with van der Waals surface area (Å²) in [6, 6.07) is 16.9. The van der Waals surface area contributed by atoms with Crippen molar-refractivity contribution in [3.05, 3.63) is 59.7 Å². The van der Waals surface area contributed by atoms with Gasteiger partial charge >= 0.3 is 0 Å². The smallest absolute Gasteiger partial charge is 0.243 e. The van der Waals surface area contributed by atoms with Crippen molar-refractivity contribution in [3.8, 4) is 6.07 Å². The van der Waals surface area contributed by atoms with Crippen molar-refractivity contribution in [1.82, 2.24) is 0 Å². The summed E-state index contributed by atoms with van der Waals surface area (Å²) in [5.74, 6) is -0.117. The molecule has 1 N–H and O–H groups in total. The van der Waals surface area contributed by atoms with E-state index in [1.54, 1.807) is 24.3 Å². The summed E-state index contributed by atoms with van der Waals surface area (Å²) in [5, 5.41) is 11.6. The topological polar surface area (TPSA) is 56.1 Å². The summed E-state index contributed by atoms with van der Waals surface area (Å²) in [7, 11) is 1.87. The van der Waals surface area contributed by atoms with Crippen LogP contribution in [0, 0.1) is 18.3 Å². The van der Waals surface area contributed by atoms with Gasteiger partial charge in [-0.3, -0.25) is 4.79 Å². The molecular formula is C17H17N3O. The number of aryl methyl sites for hydroxylation is 1. The van der Waals surface area contributed by atoms with E-state index in [0.717, 1.165) is 5.69 Å². The number of nitrogens with one attached hydrogen (secondary N) is 1. The normalized spacial score (nSPS) is 9.76. The lowest BCUT2D eigenvalue weighted by molar-refractivity contribution is -0.114. The van der Waals surface area contributed by atoms with Crippen molar-refractivity contribution in [3.63, 3.8) is 0 Å². The van der Waals surface area contributed by atoms with Crippen LogP contribution in [0.5, 0.6) is 0 Å². The molecule has 0 unspecified atom stereocenters. The summed E-state index contributed by atoms with van der Waals surface area (Å²) in [6.07, 6.45) is 0. The van der Waals surface area contributed by atoms with Crippen LogP contribution < -0.4 is 10.2 Å². The van der Waals surface area contributed by atoms with Gasteiger partial charge in [0.05, 0.1) is 18.2 Å². The molecular weight excluding hydrogens is 262 g/mol. The second-order valence-corrected chi connectivity index (χ2v) is 4.93. The number of anilines is 2. The van der Waals surface area contributed by atoms with Crippen molar-refractivity contribution < 1.29 is 4.79 Å². The van der Waals surface area contributed by atoms with Crippen LogP contribution >= 0.6 is 0 Å². The number of amides is 1. The van der Waals surface area contributed by atoms with Gasteiger partial charge < -0.3 is 10.2 Å². The Labute approximate surface area is 124 Å². The molecule has 0 heterocycles. The summed E-state index contributed by atoms with van der Waals surface area (Å²) < 4.78 is 0. The second kappa shape index (κ2) is 6.58. The van der Waals surface area contributed by atoms with E-state index in [1.165, 1.54) is 5.56 Å². The van der Waals surface area contributed by atoms with E-state index in [1.807, 2.05) is 43.1 Å². The first-order valence-electron chi connectivity index (χ1n) is 6.66. The van der Waals surface area contributed by atoms with E-state index in [2.05, 4.69) is 11.4 Å². The average Bonchev–Trinajstić information content (AvgIpc) is 2.47. The van der Waals surface area contributed by atoms with Crippen LogP contribution in [0.4, 0.5) is 11.4 Å². The molecule has 0 aromatic heterocycles. The molecule has 21 heavy (non-hydrogen) atoms. The predicted molar refractivity (Wildman–Crippen MR) is 84.2 cm³/mol. The Balaban J connectivity index is 1.98. The van der Waals surface area contributed by atoms with Crippen LogP contribution in [0.3, 0.4) is 0 Å². The summed E-state index contributed by atoms with van der Waals surface area (Å²) >= 11 is 0. The first-order chi connectivity index (χ1) is 10.1. The molecule has 0 aliphatic rings. The first-order valence-corrected chi connectivity index (χ1v) is 6.66. The number of nitriles is 1. The number of carbonyl (C=O) groups excluding carboxylic acids is 1. The zero-order chi connectivity index (χ0) is 15.2. The van der Waals surface area contributed by atoms with E-state index in [-0.39, 0.29) is 12.5 Å². The van der Waals surface area contributed by atoms with Gasteiger partial charge in [-0.15, -0.1) is 0 Å². The lowest BCUT2D eigenvalue weighted by atomic mass is 10.2. The van der Waals surface area contributed by atoms with Crippen LogP contribution in [0.25, 0.3) is 0 Å². The van der Waals surface area contributed by atoms with Gasteiger partial charge in [-0.2, -0.15) is 5.26 Å². The second-order valence-electron chi connectivity index (χ2n) is 4.93. The number of likely N-dealkylation sites (N-methyl/N-ethyl adjacent to an activating group) is 1. The zero-order valence-corrected chi connectivity index (χ0v) is 12.1. The number of carbonyl (C=O) groups is 1.